The highest BCUT2D eigenvalue weighted by Gasteiger charge is 2.28. The second-order valence-corrected chi connectivity index (χ2v) is 4.69. The number of rotatable bonds is 4. The maximum Gasteiger partial charge on any atom is 0.0769 e. The Morgan fingerprint density at radius 2 is 2.22 bits per heavy atom. The number of hydrazine groups is 1. The second kappa shape index (κ2) is 4.84. The summed E-state index contributed by atoms with van der Waals surface area (Å²) in [6.07, 6.45) is 7.25. The van der Waals surface area contributed by atoms with E-state index in [0.29, 0.717) is 5.92 Å². The molecule has 0 aliphatic heterocycles. The number of fused-ring (bicyclic) bond motifs is 1. The molecule has 3 rings (SSSR count). The Balaban J connectivity index is 1.74. The molecule has 2 atom stereocenters. The molecule has 0 fully saturated rings. The van der Waals surface area contributed by atoms with Crippen LogP contribution >= 0.6 is 0 Å². The number of hydrogen-bond donors (Lipinski definition) is 2. The summed E-state index contributed by atoms with van der Waals surface area (Å²) >= 11 is 0. The first-order valence-corrected chi connectivity index (χ1v) is 6.18. The molecular weight excluding hydrogens is 224 g/mol. The second-order valence-electron chi connectivity index (χ2n) is 4.69. The molecule has 1 aliphatic carbocycles. The fourth-order valence-electron chi connectivity index (χ4n) is 2.62. The van der Waals surface area contributed by atoms with Gasteiger partial charge in [-0.3, -0.25) is 21.2 Å². The van der Waals surface area contributed by atoms with Crippen molar-refractivity contribution in [2.24, 2.45) is 5.84 Å². The van der Waals surface area contributed by atoms with Crippen molar-refractivity contribution in [1.29, 1.82) is 0 Å². The van der Waals surface area contributed by atoms with Crippen LogP contribution in [-0.4, -0.2) is 9.97 Å². The fraction of sp³-hybridized carbons (Fsp3) is 0.286. The maximum absolute atomic E-state index is 5.63. The first-order chi connectivity index (χ1) is 8.88. The Morgan fingerprint density at radius 1 is 1.33 bits per heavy atom. The largest absolute Gasteiger partial charge is 0.271 e. The summed E-state index contributed by atoms with van der Waals surface area (Å²) in [6.45, 7) is 0. The van der Waals surface area contributed by atoms with E-state index >= 15 is 0 Å². The van der Waals surface area contributed by atoms with Crippen LogP contribution in [0, 0.1) is 0 Å². The van der Waals surface area contributed by atoms with Crippen molar-refractivity contribution in [2.45, 2.75) is 24.8 Å². The first-order valence-electron chi connectivity index (χ1n) is 6.18. The van der Waals surface area contributed by atoms with E-state index < -0.39 is 0 Å². The highest BCUT2D eigenvalue weighted by molar-refractivity contribution is 5.40. The van der Waals surface area contributed by atoms with Crippen LogP contribution < -0.4 is 11.3 Å². The van der Waals surface area contributed by atoms with Gasteiger partial charge in [-0.05, 0) is 29.9 Å². The molecule has 1 heterocycles. The van der Waals surface area contributed by atoms with Gasteiger partial charge in [0.15, 0.2) is 0 Å². The van der Waals surface area contributed by atoms with Crippen molar-refractivity contribution in [3.05, 3.63) is 59.7 Å². The molecule has 1 aromatic heterocycles. The summed E-state index contributed by atoms with van der Waals surface area (Å²) in [5.74, 6) is 6.21. The van der Waals surface area contributed by atoms with E-state index in [1.807, 2.05) is 0 Å². The molecule has 3 N–H and O–H groups in total. The van der Waals surface area contributed by atoms with Crippen LogP contribution in [0.2, 0.25) is 0 Å². The fourth-order valence-corrected chi connectivity index (χ4v) is 2.62. The number of aromatic nitrogens is 2. The zero-order valence-electron chi connectivity index (χ0n) is 10.1. The smallest absolute Gasteiger partial charge is 0.0769 e. The molecule has 4 heteroatoms. The predicted molar refractivity (Wildman–Crippen MR) is 69.6 cm³/mol. The third kappa shape index (κ3) is 2.00. The maximum atomic E-state index is 5.63. The molecule has 2 unspecified atom stereocenters. The van der Waals surface area contributed by atoms with Crippen molar-refractivity contribution >= 4 is 0 Å². The SMILES string of the molecule is NNC(CC1Cc2ccccc21)c1cnccn1. The number of benzene rings is 1. The molecule has 0 saturated heterocycles. The lowest BCUT2D eigenvalue weighted by atomic mass is 9.74. The zero-order chi connectivity index (χ0) is 12.4. The number of nitrogens with one attached hydrogen (secondary N) is 1. The highest BCUT2D eigenvalue weighted by Crippen LogP contribution is 2.40. The molecule has 0 bridgehead atoms. The summed E-state index contributed by atoms with van der Waals surface area (Å²) < 4.78 is 0. The molecule has 0 radical (unpaired) electrons. The minimum Gasteiger partial charge on any atom is -0.271 e. The molecule has 0 spiro atoms. The lowest BCUT2D eigenvalue weighted by Crippen LogP contribution is -2.32. The number of nitrogens with two attached hydrogens (primary N) is 1. The van der Waals surface area contributed by atoms with Crippen LogP contribution in [0.1, 0.15) is 35.2 Å². The normalized spacial score (nSPS) is 18.8. The lowest BCUT2D eigenvalue weighted by molar-refractivity contribution is 0.427. The first kappa shape index (κ1) is 11.3. The summed E-state index contributed by atoms with van der Waals surface area (Å²) in [5.41, 5.74) is 6.65. The van der Waals surface area contributed by atoms with Crippen molar-refractivity contribution in [3.63, 3.8) is 0 Å². The molecule has 1 aromatic carbocycles. The van der Waals surface area contributed by atoms with Crippen molar-refractivity contribution in [3.8, 4) is 0 Å². The summed E-state index contributed by atoms with van der Waals surface area (Å²) in [7, 11) is 0. The van der Waals surface area contributed by atoms with Crippen LogP contribution in [0.15, 0.2) is 42.9 Å². The van der Waals surface area contributed by atoms with E-state index in [9.17, 15) is 0 Å². The molecule has 4 nitrogen and oxygen atoms in total. The minimum absolute atomic E-state index is 0.0667. The van der Waals surface area contributed by atoms with Crippen molar-refractivity contribution in [2.75, 3.05) is 0 Å². The standard InChI is InChI=1S/C14H16N4/c15-18-13(14-9-16-5-6-17-14)8-11-7-10-3-1-2-4-12(10)11/h1-6,9,11,13,18H,7-8,15H2. The summed E-state index contributed by atoms with van der Waals surface area (Å²) in [4.78, 5) is 8.40. The van der Waals surface area contributed by atoms with E-state index in [4.69, 9.17) is 5.84 Å². The number of hydrogen-bond acceptors (Lipinski definition) is 4. The topological polar surface area (TPSA) is 63.8 Å². The van der Waals surface area contributed by atoms with Crippen LogP contribution in [0.4, 0.5) is 0 Å². The molecule has 18 heavy (non-hydrogen) atoms. The lowest BCUT2D eigenvalue weighted by Gasteiger charge is -2.32. The van der Waals surface area contributed by atoms with Gasteiger partial charge in [-0.25, -0.2) is 0 Å². The Kier molecular flexibility index (Phi) is 3.04. The molecule has 92 valence electrons. The highest BCUT2D eigenvalue weighted by atomic mass is 15.2. The predicted octanol–water partition coefficient (Wildman–Crippen LogP) is 1.71. The van der Waals surface area contributed by atoms with Gasteiger partial charge in [0, 0.05) is 12.4 Å². The number of nitrogens with zero attached hydrogens (tertiary/aromatic N) is 2. The van der Waals surface area contributed by atoms with Crippen LogP contribution in [-0.2, 0) is 6.42 Å². The third-order valence-electron chi connectivity index (χ3n) is 3.62. The Bertz CT molecular complexity index is 526. The summed E-state index contributed by atoms with van der Waals surface area (Å²) in [6, 6.07) is 8.65. The quantitative estimate of drug-likeness (QED) is 0.631. The molecule has 0 saturated carbocycles. The zero-order valence-corrected chi connectivity index (χ0v) is 10.1. The van der Waals surface area contributed by atoms with Crippen LogP contribution in [0.3, 0.4) is 0 Å². The van der Waals surface area contributed by atoms with Crippen molar-refractivity contribution in [1.82, 2.24) is 15.4 Å². The van der Waals surface area contributed by atoms with Crippen molar-refractivity contribution < 1.29 is 0 Å². The molecular formula is C14H16N4. The van der Waals surface area contributed by atoms with Gasteiger partial charge in [0.25, 0.3) is 0 Å². The average molecular weight is 240 g/mol. The Hall–Kier alpha value is -1.78. The van der Waals surface area contributed by atoms with Gasteiger partial charge in [-0.15, -0.1) is 0 Å². The molecule has 1 aliphatic rings. The van der Waals surface area contributed by atoms with E-state index in [-0.39, 0.29) is 6.04 Å². The monoisotopic (exact) mass is 240 g/mol. The van der Waals surface area contributed by atoms with E-state index in [1.165, 1.54) is 11.1 Å². The minimum atomic E-state index is 0.0667. The molecule has 0 amide bonds. The Morgan fingerprint density at radius 3 is 2.94 bits per heavy atom. The van der Waals surface area contributed by atoms with Gasteiger partial charge in [0.05, 0.1) is 17.9 Å². The van der Waals surface area contributed by atoms with Gasteiger partial charge in [0.2, 0.25) is 0 Å². The van der Waals surface area contributed by atoms with Gasteiger partial charge in [-0.2, -0.15) is 0 Å². The van der Waals surface area contributed by atoms with Gasteiger partial charge >= 0.3 is 0 Å². The van der Waals surface area contributed by atoms with E-state index in [2.05, 4.69) is 39.7 Å². The molecule has 2 aromatic rings. The van der Waals surface area contributed by atoms with Crippen LogP contribution in [0.25, 0.3) is 0 Å². The van der Waals surface area contributed by atoms with Gasteiger partial charge < -0.3 is 0 Å². The van der Waals surface area contributed by atoms with E-state index in [0.717, 1.165) is 18.5 Å². The van der Waals surface area contributed by atoms with Crippen LogP contribution in [0.5, 0.6) is 0 Å². The Labute approximate surface area is 106 Å². The summed E-state index contributed by atoms with van der Waals surface area (Å²) in [5, 5.41) is 0. The third-order valence-corrected chi connectivity index (χ3v) is 3.62. The average Bonchev–Trinajstić information content (AvgIpc) is 2.41. The van der Waals surface area contributed by atoms with Gasteiger partial charge in [-0.1, -0.05) is 24.3 Å². The van der Waals surface area contributed by atoms with Gasteiger partial charge in [0.1, 0.15) is 0 Å². The van der Waals surface area contributed by atoms with E-state index in [1.54, 1.807) is 18.6 Å².